The predicted molar refractivity (Wildman–Crippen MR) is 115 cm³/mol. The second-order valence-corrected chi connectivity index (χ2v) is 7.75. The Labute approximate surface area is 177 Å². The van der Waals surface area contributed by atoms with Crippen LogP contribution in [0.1, 0.15) is 49.3 Å². The van der Waals surface area contributed by atoms with E-state index in [9.17, 15) is 9.59 Å². The molecular weight excluding hydrogens is 386 g/mol. The Morgan fingerprint density at radius 1 is 1.07 bits per heavy atom. The van der Waals surface area contributed by atoms with E-state index in [1.54, 1.807) is 29.4 Å². The Balaban J connectivity index is 1.83. The first kappa shape index (κ1) is 21.3. The summed E-state index contributed by atoms with van der Waals surface area (Å²) in [5, 5.41) is 3.18. The van der Waals surface area contributed by atoms with E-state index in [4.69, 9.17) is 11.6 Å². The van der Waals surface area contributed by atoms with Gasteiger partial charge < -0.3 is 10.2 Å². The van der Waals surface area contributed by atoms with Crippen LogP contribution in [0.15, 0.2) is 54.9 Å². The van der Waals surface area contributed by atoms with Crippen LogP contribution >= 0.6 is 11.6 Å². The molecule has 1 saturated carbocycles. The number of nitrogens with one attached hydrogen (secondary N) is 1. The van der Waals surface area contributed by atoms with E-state index >= 15 is 0 Å². The summed E-state index contributed by atoms with van der Waals surface area (Å²) in [5.74, 6) is -0.551. The second-order valence-electron chi connectivity index (χ2n) is 7.48. The average Bonchev–Trinajstić information content (AvgIpc) is 2.78. The number of nitrogens with zero attached hydrogens (tertiary/aromatic N) is 2. The lowest BCUT2D eigenvalue weighted by Crippen LogP contribution is -2.48. The van der Waals surface area contributed by atoms with Gasteiger partial charge in [-0.25, -0.2) is 0 Å². The number of hydrogen-bond acceptors (Lipinski definition) is 3. The van der Waals surface area contributed by atoms with Crippen molar-refractivity contribution in [2.45, 2.75) is 50.6 Å². The lowest BCUT2D eigenvalue weighted by atomic mass is 9.94. The van der Waals surface area contributed by atoms with Crippen molar-refractivity contribution in [3.8, 4) is 0 Å². The molecule has 1 aromatic carbocycles. The highest BCUT2D eigenvalue weighted by Crippen LogP contribution is 2.24. The van der Waals surface area contributed by atoms with Crippen molar-refractivity contribution in [3.63, 3.8) is 0 Å². The zero-order valence-electron chi connectivity index (χ0n) is 16.6. The van der Waals surface area contributed by atoms with E-state index < -0.39 is 6.04 Å². The fourth-order valence-corrected chi connectivity index (χ4v) is 4.07. The molecule has 1 N–H and O–H groups in total. The largest absolute Gasteiger partial charge is 0.351 e. The van der Waals surface area contributed by atoms with Gasteiger partial charge in [-0.05, 0) is 42.5 Å². The molecule has 1 aliphatic carbocycles. The van der Waals surface area contributed by atoms with E-state index in [1.165, 1.54) is 6.42 Å². The van der Waals surface area contributed by atoms with Crippen LogP contribution in [0.25, 0.3) is 0 Å². The smallest absolute Gasteiger partial charge is 0.247 e. The fourth-order valence-electron chi connectivity index (χ4n) is 3.91. The molecule has 1 aromatic heterocycles. The summed E-state index contributed by atoms with van der Waals surface area (Å²) in [6, 6.07) is 13.0. The van der Waals surface area contributed by atoms with Crippen LogP contribution in [-0.4, -0.2) is 40.2 Å². The van der Waals surface area contributed by atoms with E-state index in [0.717, 1.165) is 36.8 Å². The van der Waals surface area contributed by atoms with Crippen molar-refractivity contribution in [2.75, 3.05) is 12.4 Å². The van der Waals surface area contributed by atoms with E-state index in [1.807, 2.05) is 30.3 Å². The number of rotatable bonds is 8. The lowest BCUT2D eigenvalue weighted by molar-refractivity contribution is -0.139. The molecule has 6 heteroatoms. The van der Waals surface area contributed by atoms with Crippen molar-refractivity contribution in [3.05, 3.63) is 66.0 Å². The number of benzene rings is 1. The van der Waals surface area contributed by atoms with Crippen LogP contribution in [0.5, 0.6) is 0 Å². The summed E-state index contributed by atoms with van der Waals surface area (Å²) in [6.07, 6.45) is 9.40. The molecule has 1 atom stereocenters. The third kappa shape index (κ3) is 6.04. The third-order valence-corrected chi connectivity index (χ3v) is 5.68. The maximum atomic E-state index is 13.3. The number of pyridine rings is 1. The lowest BCUT2D eigenvalue weighted by Gasteiger charge is -2.33. The Morgan fingerprint density at radius 3 is 2.41 bits per heavy atom. The van der Waals surface area contributed by atoms with Crippen LogP contribution < -0.4 is 5.32 Å². The van der Waals surface area contributed by atoms with E-state index in [2.05, 4.69) is 10.3 Å². The zero-order chi connectivity index (χ0) is 20.5. The number of halogens is 1. The molecule has 154 valence electrons. The molecule has 0 saturated heterocycles. The third-order valence-electron chi connectivity index (χ3n) is 5.45. The molecule has 0 unspecified atom stereocenters. The molecule has 1 heterocycles. The van der Waals surface area contributed by atoms with E-state index in [-0.39, 0.29) is 23.7 Å². The highest BCUT2D eigenvalue weighted by molar-refractivity contribution is 6.27. The summed E-state index contributed by atoms with van der Waals surface area (Å²) >= 11 is 5.92. The molecule has 2 aromatic rings. The van der Waals surface area contributed by atoms with Gasteiger partial charge in [-0.3, -0.25) is 14.6 Å². The summed E-state index contributed by atoms with van der Waals surface area (Å²) in [4.78, 5) is 31.7. The van der Waals surface area contributed by atoms with Crippen molar-refractivity contribution < 1.29 is 9.59 Å². The number of amides is 2. The average molecular weight is 414 g/mol. The molecule has 0 aliphatic heterocycles. The van der Waals surface area contributed by atoms with Gasteiger partial charge in [0, 0.05) is 25.0 Å². The first-order chi connectivity index (χ1) is 14.2. The van der Waals surface area contributed by atoms with Crippen LogP contribution in [-0.2, 0) is 16.0 Å². The zero-order valence-corrected chi connectivity index (χ0v) is 17.4. The molecule has 1 aliphatic rings. The van der Waals surface area contributed by atoms with Gasteiger partial charge in [0.2, 0.25) is 11.8 Å². The summed E-state index contributed by atoms with van der Waals surface area (Å²) in [6.45, 7) is 0.417. The predicted octanol–water partition coefficient (Wildman–Crippen LogP) is 3.88. The van der Waals surface area contributed by atoms with Crippen LogP contribution in [0.3, 0.4) is 0 Å². The first-order valence-electron chi connectivity index (χ1n) is 10.3. The van der Waals surface area contributed by atoms with Gasteiger partial charge >= 0.3 is 0 Å². The molecule has 0 radical (unpaired) electrons. The fraction of sp³-hybridized carbons (Fsp3) is 0.435. The van der Waals surface area contributed by atoms with Gasteiger partial charge in [-0.1, -0.05) is 49.6 Å². The number of carbonyl (C=O) groups excluding carboxylic acids is 2. The van der Waals surface area contributed by atoms with E-state index in [0.29, 0.717) is 13.0 Å². The molecular formula is C23H28ClN3O2. The van der Waals surface area contributed by atoms with Crippen LogP contribution in [0, 0.1) is 0 Å². The molecule has 0 spiro atoms. The van der Waals surface area contributed by atoms with Gasteiger partial charge in [-0.2, -0.15) is 0 Å². The minimum Gasteiger partial charge on any atom is -0.351 e. The number of hydrogen-bond donors (Lipinski definition) is 1. The quantitative estimate of drug-likeness (QED) is 0.668. The van der Waals surface area contributed by atoms with Crippen molar-refractivity contribution >= 4 is 23.4 Å². The molecule has 2 amide bonds. The molecule has 5 nitrogen and oxygen atoms in total. The Bertz CT molecular complexity index is 779. The van der Waals surface area contributed by atoms with Gasteiger partial charge in [0.1, 0.15) is 11.9 Å². The highest BCUT2D eigenvalue weighted by Gasteiger charge is 2.32. The van der Waals surface area contributed by atoms with Crippen LogP contribution in [0.2, 0.25) is 0 Å². The first-order valence-corrected chi connectivity index (χ1v) is 10.8. The van der Waals surface area contributed by atoms with Gasteiger partial charge in [-0.15, -0.1) is 11.6 Å². The minimum absolute atomic E-state index is 0.144. The maximum Gasteiger partial charge on any atom is 0.247 e. The Kier molecular flexibility index (Phi) is 8.05. The second kappa shape index (κ2) is 11.0. The number of alkyl halides is 1. The molecule has 3 rings (SSSR count). The Hall–Kier alpha value is -2.40. The van der Waals surface area contributed by atoms with Crippen molar-refractivity contribution in [1.29, 1.82) is 0 Å². The highest BCUT2D eigenvalue weighted by atomic mass is 35.5. The Morgan fingerprint density at radius 2 is 1.76 bits per heavy atom. The van der Waals surface area contributed by atoms with Crippen molar-refractivity contribution in [1.82, 2.24) is 15.2 Å². The topological polar surface area (TPSA) is 62.3 Å². The monoisotopic (exact) mass is 413 g/mol. The summed E-state index contributed by atoms with van der Waals surface area (Å²) in [5.41, 5.74) is 1.86. The molecule has 29 heavy (non-hydrogen) atoms. The van der Waals surface area contributed by atoms with Gasteiger partial charge in [0.15, 0.2) is 0 Å². The van der Waals surface area contributed by atoms with Crippen molar-refractivity contribution in [2.24, 2.45) is 0 Å². The normalized spacial score (nSPS) is 15.5. The SMILES string of the molecule is O=C(NC1CCCCC1)[C@@H](c1ccncc1)N(CCc1ccccc1)C(=O)CCl. The maximum absolute atomic E-state index is 13.3. The standard InChI is InChI=1S/C23H28ClN3O2/c24-17-21(28)27(16-13-18-7-3-1-4-8-18)22(19-11-14-25-15-12-19)23(29)26-20-9-5-2-6-10-20/h1,3-4,7-8,11-12,14-15,20,22H,2,5-6,9-10,13,16-17H2,(H,26,29)/t22-/m1/s1. The van der Waals surface area contributed by atoms with Crippen LogP contribution in [0.4, 0.5) is 0 Å². The molecule has 1 fully saturated rings. The summed E-state index contributed by atoms with van der Waals surface area (Å²) < 4.78 is 0. The number of aromatic nitrogens is 1. The number of carbonyl (C=O) groups is 2. The minimum atomic E-state index is -0.713. The van der Waals surface area contributed by atoms with Gasteiger partial charge in [0.25, 0.3) is 0 Å². The summed E-state index contributed by atoms with van der Waals surface area (Å²) in [7, 11) is 0. The molecule has 0 bridgehead atoms. The van der Waals surface area contributed by atoms with Gasteiger partial charge in [0.05, 0.1) is 0 Å².